The van der Waals surface area contributed by atoms with E-state index >= 15 is 0 Å². The van der Waals surface area contributed by atoms with Gasteiger partial charge in [-0.1, -0.05) is 31.2 Å². The fourth-order valence-corrected chi connectivity index (χ4v) is 2.26. The molecule has 1 saturated carbocycles. The topological polar surface area (TPSA) is 36.2 Å². The molecule has 0 radical (unpaired) electrons. The summed E-state index contributed by atoms with van der Waals surface area (Å²) in [5.74, 6) is 0.360. The highest BCUT2D eigenvalue weighted by Gasteiger charge is 2.22. The van der Waals surface area contributed by atoms with E-state index in [9.17, 15) is 0 Å². The zero-order valence-corrected chi connectivity index (χ0v) is 11.3. The first-order valence-electron chi connectivity index (χ1n) is 6.48. The number of rotatable bonds is 2. The SMILES string of the molecule is CC=C(C)c1ccccc1N=C1CC(=N)C(C)C1. The molecule has 18 heavy (non-hydrogen) atoms. The Morgan fingerprint density at radius 3 is 2.72 bits per heavy atom. The van der Waals surface area contributed by atoms with Crippen LogP contribution in [0.2, 0.25) is 0 Å². The second-order valence-electron chi connectivity index (χ2n) is 4.97. The third kappa shape index (κ3) is 2.58. The highest BCUT2D eigenvalue weighted by Crippen LogP contribution is 2.29. The first kappa shape index (κ1) is 12.7. The van der Waals surface area contributed by atoms with Crippen LogP contribution in [0.15, 0.2) is 35.3 Å². The van der Waals surface area contributed by atoms with Gasteiger partial charge in [-0.25, -0.2) is 0 Å². The molecule has 1 aromatic rings. The molecular weight excluding hydrogens is 220 g/mol. The molecule has 0 amide bonds. The third-order valence-electron chi connectivity index (χ3n) is 3.57. The summed E-state index contributed by atoms with van der Waals surface area (Å²) in [7, 11) is 0. The molecule has 1 unspecified atom stereocenters. The average molecular weight is 240 g/mol. The van der Waals surface area contributed by atoms with E-state index in [0.717, 1.165) is 30.0 Å². The largest absolute Gasteiger partial charge is 0.309 e. The van der Waals surface area contributed by atoms with Crippen molar-refractivity contribution in [1.29, 1.82) is 5.41 Å². The number of hydrogen-bond acceptors (Lipinski definition) is 2. The van der Waals surface area contributed by atoms with Gasteiger partial charge in [-0.2, -0.15) is 0 Å². The van der Waals surface area contributed by atoms with Crippen LogP contribution in [0.25, 0.3) is 5.57 Å². The molecular formula is C16H20N2. The maximum atomic E-state index is 7.83. The van der Waals surface area contributed by atoms with Gasteiger partial charge < -0.3 is 5.41 Å². The summed E-state index contributed by atoms with van der Waals surface area (Å²) < 4.78 is 0. The molecule has 1 aliphatic rings. The number of nitrogens with zero attached hydrogens (tertiary/aromatic N) is 1. The lowest BCUT2D eigenvalue weighted by atomic mass is 10.1. The van der Waals surface area contributed by atoms with Crippen LogP contribution in [0.4, 0.5) is 5.69 Å². The molecule has 0 aromatic heterocycles. The molecule has 2 nitrogen and oxygen atoms in total. The maximum absolute atomic E-state index is 7.83. The van der Waals surface area contributed by atoms with E-state index in [-0.39, 0.29) is 0 Å². The molecule has 2 rings (SSSR count). The first-order chi connectivity index (χ1) is 8.61. The van der Waals surface area contributed by atoms with Crippen molar-refractivity contribution in [2.45, 2.75) is 33.6 Å². The van der Waals surface area contributed by atoms with Gasteiger partial charge in [-0.3, -0.25) is 4.99 Å². The number of benzene rings is 1. The van der Waals surface area contributed by atoms with Crippen molar-refractivity contribution in [2.75, 3.05) is 0 Å². The summed E-state index contributed by atoms with van der Waals surface area (Å²) in [5.41, 5.74) is 5.43. The Balaban J connectivity index is 2.35. The molecule has 0 heterocycles. The molecule has 94 valence electrons. The van der Waals surface area contributed by atoms with Crippen molar-refractivity contribution >= 4 is 22.7 Å². The monoisotopic (exact) mass is 240 g/mol. The Hall–Kier alpha value is -1.70. The predicted octanol–water partition coefficient (Wildman–Crippen LogP) is 4.63. The van der Waals surface area contributed by atoms with Gasteiger partial charge in [0.15, 0.2) is 0 Å². The van der Waals surface area contributed by atoms with Crippen LogP contribution < -0.4 is 0 Å². The standard InChI is InChI=1S/C16H20N2/c1-4-11(2)14-7-5-6-8-16(14)18-13-9-12(3)15(17)10-13/h4-8,12,17H,9-10H2,1-3H3. The van der Waals surface area contributed by atoms with Crippen molar-refractivity contribution < 1.29 is 0 Å². The highest BCUT2D eigenvalue weighted by molar-refractivity contribution is 6.11. The van der Waals surface area contributed by atoms with E-state index in [1.807, 2.05) is 19.1 Å². The fraction of sp³-hybridized carbons (Fsp3) is 0.375. The van der Waals surface area contributed by atoms with Gasteiger partial charge in [0, 0.05) is 23.4 Å². The van der Waals surface area contributed by atoms with Crippen LogP contribution in [0.1, 0.15) is 39.2 Å². The minimum Gasteiger partial charge on any atom is -0.309 e. The Morgan fingerprint density at radius 2 is 2.11 bits per heavy atom. The third-order valence-corrected chi connectivity index (χ3v) is 3.57. The number of nitrogens with one attached hydrogen (secondary N) is 1. The predicted molar refractivity (Wildman–Crippen MR) is 79.0 cm³/mol. The Bertz CT molecular complexity index is 524. The van der Waals surface area contributed by atoms with Crippen molar-refractivity contribution in [3.63, 3.8) is 0 Å². The second-order valence-corrected chi connectivity index (χ2v) is 4.97. The van der Waals surface area contributed by atoms with Crippen LogP contribution in [-0.2, 0) is 0 Å². The summed E-state index contributed by atoms with van der Waals surface area (Å²) in [5, 5.41) is 7.83. The molecule has 1 aliphatic carbocycles. The fourth-order valence-electron chi connectivity index (χ4n) is 2.26. The Morgan fingerprint density at radius 1 is 1.39 bits per heavy atom. The van der Waals surface area contributed by atoms with Crippen molar-refractivity contribution in [3.8, 4) is 0 Å². The number of allylic oxidation sites excluding steroid dienone is 2. The van der Waals surface area contributed by atoms with Gasteiger partial charge in [-0.15, -0.1) is 0 Å². The normalized spacial score (nSPS) is 22.8. The molecule has 1 N–H and O–H groups in total. The number of para-hydroxylation sites is 1. The van der Waals surface area contributed by atoms with Crippen molar-refractivity contribution in [3.05, 3.63) is 35.9 Å². The Kier molecular flexibility index (Phi) is 3.75. The minimum atomic E-state index is 0.360. The van der Waals surface area contributed by atoms with Crippen LogP contribution in [0, 0.1) is 11.3 Å². The van der Waals surface area contributed by atoms with E-state index in [4.69, 9.17) is 10.4 Å². The van der Waals surface area contributed by atoms with Gasteiger partial charge in [0.1, 0.15) is 0 Å². The summed E-state index contributed by atoms with van der Waals surface area (Å²) in [6.45, 7) is 6.26. The lowest BCUT2D eigenvalue weighted by Crippen LogP contribution is -1.97. The van der Waals surface area contributed by atoms with Gasteiger partial charge in [0.05, 0.1) is 5.69 Å². The van der Waals surface area contributed by atoms with Crippen LogP contribution in [0.5, 0.6) is 0 Å². The smallest absolute Gasteiger partial charge is 0.0704 e. The lowest BCUT2D eigenvalue weighted by Gasteiger charge is -2.06. The van der Waals surface area contributed by atoms with E-state index in [1.54, 1.807) is 0 Å². The van der Waals surface area contributed by atoms with Crippen LogP contribution in [0.3, 0.4) is 0 Å². The zero-order chi connectivity index (χ0) is 13.1. The van der Waals surface area contributed by atoms with Crippen LogP contribution >= 0.6 is 0 Å². The van der Waals surface area contributed by atoms with Gasteiger partial charge >= 0.3 is 0 Å². The summed E-state index contributed by atoms with van der Waals surface area (Å²) >= 11 is 0. The second kappa shape index (κ2) is 5.30. The lowest BCUT2D eigenvalue weighted by molar-refractivity contribution is 0.837. The first-order valence-corrected chi connectivity index (χ1v) is 6.48. The summed E-state index contributed by atoms with van der Waals surface area (Å²) in [6.07, 6.45) is 3.78. The van der Waals surface area contributed by atoms with E-state index < -0.39 is 0 Å². The molecule has 1 aromatic carbocycles. The molecule has 0 bridgehead atoms. The number of hydrogen-bond donors (Lipinski definition) is 1. The van der Waals surface area contributed by atoms with Gasteiger partial charge in [0.2, 0.25) is 0 Å². The molecule has 1 fully saturated rings. The highest BCUT2D eigenvalue weighted by atomic mass is 14.8. The number of aliphatic imine (C=N–C) groups is 1. The molecule has 0 saturated heterocycles. The van der Waals surface area contributed by atoms with E-state index in [0.29, 0.717) is 5.92 Å². The summed E-state index contributed by atoms with van der Waals surface area (Å²) in [6, 6.07) is 8.24. The summed E-state index contributed by atoms with van der Waals surface area (Å²) in [4.78, 5) is 4.76. The van der Waals surface area contributed by atoms with Gasteiger partial charge in [0.25, 0.3) is 0 Å². The minimum absolute atomic E-state index is 0.360. The zero-order valence-electron chi connectivity index (χ0n) is 11.3. The van der Waals surface area contributed by atoms with Crippen LogP contribution in [-0.4, -0.2) is 11.4 Å². The average Bonchev–Trinajstić information content (AvgIpc) is 2.68. The maximum Gasteiger partial charge on any atom is 0.0704 e. The van der Waals surface area contributed by atoms with E-state index in [2.05, 4.69) is 32.1 Å². The molecule has 0 aliphatic heterocycles. The quantitative estimate of drug-likeness (QED) is 0.782. The molecule has 1 atom stereocenters. The van der Waals surface area contributed by atoms with Crippen molar-refractivity contribution in [2.24, 2.45) is 10.9 Å². The van der Waals surface area contributed by atoms with E-state index in [1.165, 1.54) is 11.1 Å². The molecule has 0 spiro atoms. The van der Waals surface area contributed by atoms with Crippen molar-refractivity contribution in [1.82, 2.24) is 0 Å². The molecule has 2 heteroatoms. The Labute approximate surface area is 109 Å². The van der Waals surface area contributed by atoms with Gasteiger partial charge in [-0.05, 0) is 37.8 Å².